The van der Waals surface area contributed by atoms with Crippen molar-refractivity contribution in [1.82, 2.24) is 20.2 Å². The zero-order valence-corrected chi connectivity index (χ0v) is 20.1. The van der Waals surface area contributed by atoms with Gasteiger partial charge < -0.3 is 25.0 Å². The first-order valence-electron chi connectivity index (χ1n) is 12.2. The van der Waals surface area contributed by atoms with Crippen LogP contribution in [0.25, 0.3) is 22.0 Å². The molecule has 3 fully saturated rings. The second kappa shape index (κ2) is 8.87. The first kappa shape index (κ1) is 21.9. The van der Waals surface area contributed by atoms with Crippen LogP contribution in [0.15, 0.2) is 36.4 Å². The van der Waals surface area contributed by atoms with Gasteiger partial charge in [-0.05, 0) is 69.1 Å². The number of aromatic nitrogens is 2. The molecule has 3 atom stereocenters. The number of phenols is 1. The molecule has 3 saturated heterocycles. The van der Waals surface area contributed by atoms with E-state index in [-0.39, 0.29) is 5.75 Å². The standard InChI is InChI=1S/C26H30ClN5O2/c1-31-11-3-4-19(31)15-34-26-29-22-12-16(24-21(27)5-2-6-23(24)33)7-10-20(22)25(30-26)32-13-17-8-9-18(14-32)28-17/h2,5-7,10,12,17-19,28,33H,3-4,8-9,11,13-15H2,1H3/t17-,18+,19-/m0/s1. The Labute approximate surface area is 204 Å². The zero-order valence-electron chi connectivity index (χ0n) is 19.4. The second-order valence-electron chi connectivity index (χ2n) is 9.83. The lowest BCUT2D eigenvalue weighted by molar-refractivity contribution is 0.188. The molecule has 0 spiro atoms. The molecule has 1 aromatic heterocycles. The van der Waals surface area contributed by atoms with Crippen molar-refractivity contribution in [3.63, 3.8) is 0 Å². The van der Waals surface area contributed by atoms with Crippen LogP contribution in [0.3, 0.4) is 0 Å². The smallest absolute Gasteiger partial charge is 0.319 e. The first-order valence-corrected chi connectivity index (χ1v) is 12.6. The van der Waals surface area contributed by atoms with Crippen molar-refractivity contribution in [2.24, 2.45) is 0 Å². The van der Waals surface area contributed by atoms with Crippen molar-refractivity contribution < 1.29 is 9.84 Å². The minimum absolute atomic E-state index is 0.153. The highest BCUT2D eigenvalue weighted by atomic mass is 35.5. The van der Waals surface area contributed by atoms with Gasteiger partial charge in [0.05, 0.1) is 10.5 Å². The molecule has 4 heterocycles. The highest BCUT2D eigenvalue weighted by molar-refractivity contribution is 6.33. The lowest BCUT2D eigenvalue weighted by Gasteiger charge is -2.34. The maximum atomic E-state index is 10.5. The maximum Gasteiger partial charge on any atom is 0.319 e. The summed E-state index contributed by atoms with van der Waals surface area (Å²) in [5, 5.41) is 15.7. The Bertz CT molecular complexity index is 1190. The van der Waals surface area contributed by atoms with Crippen molar-refractivity contribution in [3.05, 3.63) is 41.4 Å². The van der Waals surface area contributed by atoms with Crippen LogP contribution in [0.4, 0.5) is 5.82 Å². The normalized spacial score (nSPS) is 24.8. The second-order valence-corrected chi connectivity index (χ2v) is 10.2. The SMILES string of the molecule is CN1CCC[C@H]1COc1nc(N2C[C@H]3CC[C@@H](C2)N3)c2ccc(-c3c(O)cccc3Cl)cc2n1. The number of nitrogens with zero attached hydrogens (tertiary/aromatic N) is 4. The summed E-state index contributed by atoms with van der Waals surface area (Å²) in [6.07, 6.45) is 4.74. The fraction of sp³-hybridized carbons (Fsp3) is 0.462. The molecule has 3 aromatic rings. The van der Waals surface area contributed by atoms with E-state index in [0.717, 1.165) is 48.3 Å². The molecule has 0 aliphatic carbocycles. The minimum Gasteiger partial charge on any atom is -0.507 e. The van der Waals surface area contributed by atoms with E-state index in [1.807, 2.05) is 18.2 Å². The van der Waals surface area contributed by atoms with Gasteiger partial charge in [-0.1, -0.05) is 23.7 Å². The number of hydrogen-bond donors (Lipinski definition) is 2. The molecule has 8 heteroatoms. The Kier molecular flexibility index (Phi) is 5.71. The largest absolute Gasteiger partial charge is 0.507 e. The number of halogens is 1. The minimum atomic E-state index is 0.153. The quantitative estimate of drug-likeness (QED) is 0.571. The van der Waals surface area contributed by atoms with Gasteiger partial charge in [0.25, 0.3) is 0 Å². The number of phenolic OH excluding ortho intramolecular Hbond substituents is 1. The molecule has 3 aliphatic rings. The van der Waals surface area contributed by atoms with Gasteiger partial charge in [-0.2, -0.15) is 9.97 Å². The van der Waals surface area contributed by atoms with Crippen LogP contribution in [-0.2, 0) is 0 Å². The molecule has 2 N–H and O–H groups in total. The molecular formula is C26H30ClN5O2. The predicted octanol–water partition coefficient (Wildman–Crippen LogP) is 4.07. The number of anilines is 1. The lowest BCUT2D eigenvalue weighted by atomic mass is 10.0. The Morgan fingerprint density at radius 3 is 2.68 bits per heavy atom. The summed E-state index contributed by atoms with van der Waals surface area (Å²) in [6, 6.07) is 13.0. The summed E-state index contributed by atoms with van der Waals surface area (Å²) >= 11 is 6.44. The van der Waals surface area contributed by atoms with E-state index in [1.54, 1.807) is 18.2 Å². The zero-order chi connectivity index (χ0) is 23.2. The number of likely N-dealkylation sites (N-methyl/N-ethyl adjacent to an activating group) is 1. The number of nitrogens with one attached hydrogen (secondary N) is 1. The lowest BCUT2D eigenvalue weighted by Crippen LogP contribution is -2.51. The topological polar surface area (TPSA) is 73.8 Å². The maximum absolute atomic E-state index is 10.5. The van der Waals surface area contributed by atoms with Gasteiger partial charge in [-0.3, -0.25) is 0 Å². The van der Waals surface area contributed by atoms with Crippen LogP contribution < -0.4 is 15.0 Å². The van der Waals surface area contributed by atoms with Gasteiger partial charge in [-0.25, -0.2) is 0 Å². The number of likely N-dealkylation sites (tertiary alicyclic amines) is 1. The average Bonchev–Trinajstić information content (AvgIpc) is 3.40. The van der Waals surface area contributed by atoms with E-state index < -0.39 is 0 Å². The molecule has 0 saturated carbocycles. The number of rotatable bonds is 5. The van der Waals surface area contributed by atoms with Crippen LogP contribution in [0.1, 0.15) is 25.7 Å². The molecular weight excluding hydrogens is 450 g/mol. The fourth-order valence-electron chi connectivity index (χ4n) is 5.68. The molecule has 0 amide bonds. The first-order chi connectivity index (χ1) is 16.5. The number of ether oxygens (including phenoxy) is 1. The summed E-state index contributed by atoms with van der Waals surface area (Å²) < 4.78 is 6.18. The Morgan fingerprint density at radius 2 is 1.94 bits per heavy atom. The third-order valence-electron chi connectivity index (χ3n) is 7.53. The molecule has 178 valence electrons. The highest BCUT2D eigenvalue weighted by Crippen LogP contribution is 2.38. The Morgan fingerprint density at radius 1 is 1.12 bits per heavy atom. The van der Waals surface area contributed by atoms with Crippen LogP contribution in [0.2, 0.25) is 5.02 Å². The van der Waals surface area contributed by atoms with Crippen molar-refractivity contribution >= 4 is 28.3 Å². The summed E-state index contributed by atoms with van der Waals surface area (Å²) in [4.78, 5) is 14.4. The van der Waals surface area contributed by atoms with Crippen molar-refractivity contribution in [2.75, 3.05) is 38.2 Å². The molecule has 6 rings (SSSR count). The monoisotopic (exact) mass is 479 g/mol. The highest BCUT2D eigenvalue weighted by Gasteiger charge is 2.34. The number of aromatic hydroxyl groups is 1. The molecule has 3 aliphatic heterocycles. The van der Waals surface area contributed by atoms with E-state index in [4.69, 9.17) is 26.3 Å². The molecule has 2 bridgehead atoms. The van der Waals surface area contributed by atoms with Crippen LogP contribution >= 0.6 is 11.6 Å². The van der Waals surface area contributed by atoms with E-state index in [9.17, 15) is 5.11 Å². The predicted molar refractivity (Wildman–Crippen MR) is 135 cm³/mol. The van der Waals surface area contributed by atoms with Crippen molar-refractivity contribution in [2.45, 2.75) is 43.8 Å². The molecule has 0 unspecified atom stereocenters. The number of piperazine rings is 1. The van der Waals surface area contributed by atoms with E-state index in [1.165, 1.54) is 19.3 Å². The van der Waals surface area contributed by atoms with Crippen LogP contribution in [-0.4, -0.2) is 71.4 Å². The molecule has 2 aromatic carbocycles. The summed E-state index contributed by atoms with van der Waals surface area (Å²) in [6.45, 7) is 3.55. The Balaban J connectivity index is 1.41. The number of hydrogen-bond acceptors (Lipinski definition) is 7. The summed E-state index contributed by atoms with van der Waals surface area (Å²) in [7, 11) is 2.15. The van der Waals surface area contributed by atoms with Gasteiger partial charge in [0.1, 0.15) is 18.2 Å². The molecule has 34 heavy (non-hydrogen) atoms. The number of fused-ring (bicyclic) bond motifs is 3. The van der Waals surface area contributed by atoms with Gasteiger partial charge in [0.15, 0.2) is 0 Å². The average molecular weight is 480 g/mol. The van der Waals surface area contributed by atoms with Gasteiger partial charge in [-0.15, -0.1) is 0 Å². The third kappa shape index (κ3) is 4.06. The Hall–Kier alpha value is -2.61. The third-order valence-corrected chi connectivity index (χ3v) is 7.84. The van der Waals surface area contributed by atoms with E-state index >= 15 is 0 Å². The number of benzene rings is 2. The summed E-state index contributed by atoms with van der Waals surface area (Å²) in [5.74, 6) is 1.08. The van der Waals surface area contributed by atoms with Crippen molar-refractivity contribution in [3.8, 4) is 22.9 Å². The molecule has 7 nitrogen and oxygen atoms in total. The van der Waals surface area contributed by atoms with Crippen LogP contribution in [0.5, 0.6) is 11.8 Å². The van der Waals surface area contributed by atoms with E-state index in [2.05, 4.69) is 22.2 Å². The fourth-order valence-corrected chi connectivity index (χ4v) is 5.96. The van der Waals surface area contributed by atoms with Crippen LogP contribution in [0, 0.1) is 0 Å². The van der Waals surface area contributed by atoms with Gasteiger partial charge >= 0.3 is 6.01 Å². The van der Waals surface area contributed by atoms with Crippen molar-refractivity contribution in [1.29, 1.82) is 0 Å². The van der Waals surface area contributed by atoms with Gasteiger partial charge in [0.2, 0.25) is 0 Å². The molecule has 0 radical (unpaired) electrons. The summed E-state index contributed by atoms with van der Waals surface area (Å²) in [5.41, 5.74) is 2.23. The van der Waals surface area contributed by atoms with Gasteiger partial charge in [0, 0.05) is 42.2 Å². The van der Waals surface area contributed by atoms with E-state index in [0.29, 0.717) is 41.3 Å².